The number of aliphatic hydroxyl groups excluding tert-OH is 1. The zero-order valence-corrected chi connectivity index (χ0v) is 19.9. The molecule has 5 rings (SSSR count). The van der Waals surface area contributed by atoms with Gasteiger partial charge in [0.15, 0.2) is 5.82 Å². The average molecular weight is 484 g/mol. The van der Waals surface area contributed by atoms with Crippen LogP contribution in [0.4, 0.5) is 0 Å². The number of nitrogens with zero attached hydrogens (tertiary/aromatic N) is 5. The number of benzene rings is 2. The van der Waals surface area contributed by atoms with Crippen LogP contribution in [0, 0.1) is 25.2 Å². The molecule has 0 bridgehead atoms. The molecule has 2 N–H and O–H groups in total. The van der Waals surface area contributed by atoms with E-state index in [0.29, 0.717) is 22.9 Å². The Morgan fingerprint density at radius 2 is 1.86 bits per heavy atom. The number of nitriles is 1. The van der Waals surface area contributed by atoms with Crippen molar-refractivity contribution >= 4 is 23.0 Å². The van der Waals surface area contributed by atoms with Gasteiger partial charge in [-0.3, -0.25) is 14.4 Å². The fourth-order valence-electron chi connectivity index (χ4n) is 4.36. The van der Waals surface area contributed by atoms with Crippen LogP contribution >= 0.6 is 11.3 Å². The fourth-order valence-corrected chi connectivity index (χ4v) is 5.59. The minimum atomic E-state index is -0.976. The Balaban J connectivity index is 1.69. The quantitative estimate of drug-likeness (QED) is 0.435. The van der Waals surface area contributed by atoms with Gasteiger partial charge < -0.3 is 10.2 Å². The van der Waals surface area contributed by atoms with Crippen molar-refractivity contribution in [3.05, 3.63) is 87.3 Å². The van der Waals surface area contributed by atoms with Crippen molar-refractivity contribution in [3.8, 4) is 22.2 Å². The standard InChI is InChI=1S/C26H21N5O3S/c1-14-21(13-32)35-26-23(14)24(28-20(11-22(33)34)25-30-29-15(2)31(25)26)18-8-6-17(7-9-18)19-5-3-4-16(10-19)12-27/h3-10,20,32H,11,13H2,1-2H3,(H,33,34)/t20-/m0/s1. The summed E-state index contributed by atoms with van der Waals surface area (Å²) in [7, 11) is 0. The third kappa shape index (κ3) is 3.93. The second-order valence-electron chi connectivity index (χ2n) is 8.29. The molecule has 9 heteroatoms. The van der Waals surface area contributed by atoms with Gasteiger partial charge in [-0.05, 0) is 42.7 Å². The summed E-state index contributed by atoms with van der Waals surface area (Å²) < 4.78 is 1.86. The Morgan fingerprint density at radius 1 is 1.11 bits per heavy atom. The van der Waals surface area contributed by atoms with Crippen LogP contribution in [-0.2, 0) is 11.4 Å². The van der Waals surface area contributed by atoms with Crippen molar-refractivity contribution < 1.29 is 15.0 Å². The average Bonchev–Trinajstić information content (AvgIpc) is 3.36. The number of aliphatic hydroxyl groups is 1. The summed E-state index contributed by atoms with van der Waals surface area (Å²) in [5, 5.41) is 38.0. The molecule has 4 aromatic rings. The Kier molecular flexibility index (Phi) is 5.76. The van der Waals surface area contributed by atoms with E-state index in [1.54, 1.807) is 6.07 Å². The van der Waals surface area contributed by atoms with Crippen LogP contribution in [0.15, 0.2) is 53.5 Å². The zero-order valence-electron chi connectivity index (χ0n) is 19.1. The first-order valence-electron chi connectivity index (χ1n) is 11.0. The van der Waals surface area contributed by atoms with Crippen molar-refractivity contribution in [2.75, 3.05) is 0 Å². The summed E-state index contributed by atoms with van der Waals surface area (Å²) in [6.45, 7) is 3.65. The van der Waals surface area contributed by atoms with Crippen LogP contribution in [0.1, 0.15) is 51.2 Å². The highest BCUT2D eigenvalue weighted by Crippen LogP contribution is 2.40. The number of aromatic nitrogens is 3. The molecule has 0 radical (unpaired) electrons. The van der Waals surface area contributed by atoms with Gasteiger partial charge in [-0.15, -0.1) is 21.5 Å². The molecule has 0 saturated heterocycles. The van der Waals surface area contributed by atoms with Gasteiger partial charge in [0.05, 0.1) is 30.4 Å². The zero-order chi connectivity index (χ0) is 24.7. The van der Waals surface area contributed by atoms with Crippen LogP contribution in [0.3, 0.4) is 0 Å². The molecular weight excluding hydrogens is 462 g/mol. The number of carboxylic acids is 1. The first kappa shape index (κ1) is 22.7. The minimum absolute atomic E-state index is 0.111. The van der Waals surface area contributed by atoms with Gasteiger partial charge >= 0.3 is 5.97 Å². The maximum absolute atomic E-state index is 11.7. The highest BCUT2D eigenvalue weighted by atomic mass is 32.1. The van der Waals surface area contributed by atoms with Gasteiger partial charge in [-0.1, -0.05) is 36.4 Å². The number of rotatable bonds is 5. The van der Waals surface area contributed by atoms with Gasteiger partial charge in [0, 0.05) is 16.0 Å². The highest BCUT2D eigenvalue weighted by molar-refractivity contribution is 7.15. The number of hydrogen-bond donors (Lipinski definition) is 2. The number of hydrogen-bond acceptors (Lipinski definition) is 7. The van der Waals surface area contributed by atoms with Gasteiger partial charge in [0.1, 0.15) is 16.9 Å². The SMILES string of the molecule is Cc1c(CO)sc2c1C(c1ccc(-c3cccc(C#N)c3)cc1)=N[C@@H](CC(=O)O)c1nnc(C)n1-2. The molecule has 174 valence electrons. The summed E-state index contributed by atoms with van der Waals surface area (Å²) in [5.41, 5.74) is 5.69. The third-order valence-corrected chi connectivity index (χ3v) is 7.36. The lowest BCUT2D eigenvalue weighted by molar-refractivity contribution is -0.137. The predicted octanol–water partition coefficient (Wildman–Crippen LogP) is 4.34. The van der Waals surface area contributed by atoms with Crippen LogP contribution in [0.25, 0.3) is 16.1 Å². The van der Waals surface area contributed by atoms with Crippen molar-refractivity contribution in [1.82, 2.24) is 14.8 Å². The fraction of sp³-hybridized carbons (Fsp3) is 0.192. The topological polar surface area (TPSA) is 124 Å². The molecule has 0 aliphatic carbocycles. The Morgan fingerprint density at radius 3 is 2.54 bits per heavy atom. The number of aliphatic carboxylic acids is 1. The molecule has 0 unspecified atom stereocenters. The Bertz CT molecular complexity index is 1530. The van der Waals surface area contributed by atoms with Gasteiger partial charge in [0.2, 0.25) is 0 Å². The molecule has 8 nitrogen and oxygen atoms in total. The smallest absolute Gasteiger partial charge is 0.306 e. The van der Waals surface area contributed by atoms with Gasteiger partial charge in [0.25, 0.3) is 0 Å². The van der Waals surface area contributed by atoms with Crippen LogP contribution in [0.2, 0.25) is 0 Å². The number of carbonyl (C=O) groups is 1. The molecule has 0 fully saturated rings. The lowest BCUT2D eigenvalue weighted by Gasteiger charge is -2.11. The summed E-state index contributed by atoms with van der Waals surface area (Å²) in [6, 6.07) is 16.7. The van der Waals surface area contributed by atoms with E-state index in [1.807, 2.05) is 60.9 Å². The van der Waals surface area contributed by atoms with Gasteiger partial charge in [-0.2, -0.15) is 5.26 Å². The molecule has 0 spiro atoms. The van der Waals surface area contributed by atoms with Crippen molar-refractivity contribution in [2.24, 2.45) is 4.99 Å². The van der Waals surface area contributed by atoms with E-state index >= 15 is 0 Å². The van der Waals surface area contributed by atoms with Crippen molar-refractivity contribution in [2.45, 2.75) is 32.9 Å². The van der Waals surface area contributed by atoms with Crippen LogP contribution in [0.5, 0.6) is 0 Å². The lowest BCUT2D eigenvalue weighted by atomic mass is 9.96. The van der Waals surface area contributed by atoms with Crippen molar-refractivity contribution in [1.29, 1.82) is 5.26 Å². The molecule has 3 heterocycles. The molecule has 0 amide bonds. The van der Waals surface area contributed by atoms with Crippen molar-refractivity contribution in [3.63, 3.8) is 0 Å². The highest BCUT2D eigenvalue weighted by Gasteiger charge is 2.32. The second kappa shape index (κ2) is 8.91. The second-order valence-corrected chi connectivity index (χ2v) is 9.37. The van der Waals surface area contributed by atoms with E-state index in [0.717, 1.165) is 37.7 Å². The molecule has 1 atom stereocenters. The number of thiophene rings is 1. The Labute approximate surface area is 205 Å². The van der Waals surface area contributed by atoms with E-state index in [2.05, 4.69) is 16.3 Å². The molecule has 2 aromatic heterocycles. The first-order valence-corrected chi connectivity index (χ1v) is 11.8. The molecule has 0 saturated carbocycles. The first-order chi connectivity index (χ1) is 16.9. The summed E-state index contributed by atoms with van der Waals surface area (Å²) in [6.07, 6.45) is -0.221. The van der Waals surface area contributed by atoms with Crippen LogP contribution in [-0.4, -0.2) is 36.7 Å². The largest absolute Gasteiger partial charge is 0.481 e. The maximum atomic E-state index is 11.7. The van der Waals surface area contributed by atoms with E-state index in [9.17, 15) is 20.3 Å². The summed E-state index contributed by atoms with van der Waals surface area (Å²) in [4.78, 5) is 17.4. The normalized spacial score (nSPS) is 14.5. The monoisotopic (exact) mass is 483 g/mol. The lowest BCUT2D eigenvalue weighted by Crippen LogP contribution is -2.10. The molecule has 1 aliphatic heterocycles. The maximum Gasteiger partial charge on any atom is 0.306 e. The van der Waals surface area contributed by atoms with E-state index in [1.165, 1.54) is 11.3 Å². The summed E-state index contributed by atoms with van der Waals surface area (Å²) >= 11 is 1.43. The third-order valence-electron chi connectivity index (χ3n) is 6.09. The van der Waals surface area contributed by atoms with E-state index in [-0.39, 0.29) is 13.0 Å². The molecule has 1 aliphatic rings. The van der Waals surface area contributed by atoms with E-state index < -0.39 is 12.0 Å². The number of aryl methyl sites for hydroxylation is 1. The molecule has 2 aromatic carbocycles. The number of aliphatic imine (C=N–C) groups is 1. The minimum Gasteiger partial charge on any atom is -0.481 e. The Hall–Kier alpha value is -4.13. The molecular formula is C26H21N5O3S. The summed E-state index contributed by atoms with van der Waals surface area (Å²) in [5.74, 6) is 0.124. The number of fused-ring (bicyclic) bond motifs is 3. The number of carboxylic acid groups (broad SMARTS) is 1. The predicted molar refractivity (Wildman–Crippen MR) is 132 cm³/mol. The van der Waals surface area contributed by atoms with Gasteiger partial charge in [-0.25, -0.2) is 0 Å². The van der Waals surface area contributed by atoms with Crippen LogP contribution < -0.4 is 0 Å². The van der Waals surface area contributed by atoms with E-state index in [4.69, 9.17) is 4.99 Å². The molecule has 35 heavy (non-hydrogen) atoms.